The second kappa shape index (κ2) is 6.67. The Labute approximate surface area is 109 Å². The van der Waals surface area contributed by atoms with Gasteiger partial charge in [-0.3, -0.25) is 0 Å². The molecule has 2 rings (SSSR count). The van der Waals surface area contributed by atoms with E-state index in [1.54, 1.807) is 0 Å². The first-order valence-electron chi connectivity index (χ1n) is 6.03. The van der Waals surface area contributed by atoms with Gasteiger partial charge in [-0.25, -0.2) is 0 Å². The molecule has 2 aromatic rings. The highest BCUT2D eigenvalue weighted by Crippen LogP contribution is 2.16. The van der Waals surface area contributed by atoms with Crippen LogP contribution in [0.1, 0.15) is 25.8 Å². The molecular formula is C14H21ClN2. The van der Waals surface area contributed by atoms with E-state index < -0.39 is 0 Å². The van der Waals surface area contributed by atoms with E-state index in [0.717, 1.165) is 19.0 Å². The van der Waals surface area contributed by atoms with Crippen LogP contribution in [0.15, 0.2) is 30.5 Å². The van der Waals surface area contributed by atoms with Crippen molar-refractivity contribution in [2.24, 2.45) is 5.92 Å². The quantitative estimate of drug-likeness (QED) is 0.780. The second-order valence-corrected chi connectivity index (χ2v) is 4.72. The van der Waals surface area contributed by atoms with Gasteiger partial charge in [-0.2, -0.15) is 0 Å². The average molecular weight is 253 g/mol. The molecule has 3 heteroatoms. The molecule has 0 spiro atoms. The maximum Gasteiger partial charge on any atom is 0.0499 e. The fourth-order valence-corrected chi connectivity index (χ4v) is 1.91. The summed E-state index contributed by atoms with van der Waals surface area (Å²) in [5.41, 5.74) is 2.62. The Morgan fingerprint density at radius 1 is 1.24 bits per heavy atom. The first-order chi connectivity index (χ1) is 7.77. The summed E-state index contributed by atoms with van der Waals surface area (Å²) in [5, 5.41) is 4.79. The topological polar surface area (TPSA) is 27.8 Å². The van der Waals surface area contributed by atoms with E-state index in [4.69, 9.17) is 0 Å². The molecule has 0 atom stereocenters. The van der Waals surface area contributed by atoms with Gasteiger partial charge in [0.1, 0.15) is 0 Å². The van der Waals surface area contributed by atoms with Gasteiger partial charge in [0.25, 0.3) is 0 Å². The minimum Gasteiger partial charge on any atom is -0.361 e. The Morgan fingerprint density at radius 3 is 2.82 bits per heavy atom. The van der Waals surface area contributed by atoms with Crippen LogP contribution in [0.4, 0.5) is 0 Å². The number of nitrogens with one attached hydrogen (secondary N) is 2. The maximum absolute atomic E-state index is 3.49. The number of hydrogen-bond donors (Lipinski definition) is 2. The smallest absolute Gasteiger partial charge is 0.0499 e. The van der Waals surface area contributed by atoms with Crippen molar-refractivity contribution in [3.63, 3.8) is 0 Å². The summed E-state index contributed by atoms with van der Waals surface area (Å²) in [4.78, 5) is 3.30. The van der Waals surface area contributed by atoms with Crippen LogP contribution in [0.2, 0.25) is 0 Å². The monoisotopic (exact) mass is 252 g/mol. The van der Waals surface area contributed by atoms with Crippen LogP contribution in [0.5, 0.6) is 0 Å². The van der Waals surface area contributed by atoms with Gasteiger partial charge < -0.3 is 10.3 Å². The average Bonchev–Trinajstić information content (AvgIpc) is 2.72. The number of benzene rings is 1. The molecule has 0 amide bonds. The molecule has 0 radical (unpaired) electrons. The van der Waals surface area contributed by atoms with E-state index >= 15 is 0 Å². The molecule has 1 aromatic carbocycles. The summed E-state index contributed by atoms with van der Waals surface area (Å²) in [6, 6.07) is 8.56. The molecule has 0 saturated heterocycles. The zero-order valence-corrected chi connectivity index (χ0v) is 11.3. The van der Waals surface area contributed by atoms with Gasteiger partial charge in [0.15, 0.2) is 0 Å². The number of H-pyrrole nitrogens is 1. The lowest BCUT2D eigenvalue weighted by atomic mass is 10.1. The molecule has 2 N–H and O–H groups in total. The Bertz CT molecular complexity index is 448. The van der Waals surface area contributed by atoms with Crippen LogP contribution in [-0.2, 0) is 6.54 Å². The normalized spacial score (nSPS) is 10.8. The first-order valence-corrected chi connectivity index (χ1v) is 6.03. The zero-order valence-electron chi connectivity index (χ0n) is 10.5. The third-order valence-electron chi connectivity index (χ3n) is 2.89. The minimum absolute atomic E-state index is 0. The Morgan fingerprint density at radius 2 is 2.06 bits per heavy atom. The van der Waals surface area contributed by atoms with E-state index in [2.05, 4.69) is 48.4 Å². The van der Waals surface area contributed by atoms with E-state index in [-0.39, 0.29) is 12.4 Å². The van der Waals surface area contributed by atoms with Crippen LogP contribution in [0.3, 0.4) is 0 Å². The van der Waals surface area contributed by atoms with Crippen molar-refractivity contribution < 1.29 is 0 Å². The molecule has 94 valence electrons. The van der Waals surface area contributed by atoms with Gasteiger partial charge in [-0.15, -0.1) is 12.4 Å². The summed E-state index contributed by atoms with van der Waals surface area (Å²) >= 11 is 0. The highest BCUT2D eigenvalue weighted by Gasteiger charge is 2.01. The molecule has 0 aliphatic rings. The summed E-state index contributed by atoms with van der Waals surface area (Å²) in [6.07, 6.45) is 3.24. The summed E-state index contributed by atoms with van der Waals surface area (Å²) in [7, 11) is 0. The van der Waals surface area contributed by atoms with Crippen molar-refractivity contribution in [1.29, 1.82) is 0 Å². The molecule has 0 bridgehead atoms. The lowest BCUT2D eigenvalue weighted by Crippen LogP contribution is -2.16. The SMILES string of the molecule is CC(C)CCNCc1cccc2cc[nH]c12.Cl. The standard InChI is InChI=1S/C14H20N2.ClH/c1-11(2)6-8-15-10-13-5-3-4-12-7-9-16-14(12)13;/h3-5,7,9,11,15-16H,6,8,10H2,1-2H3;1H. The third-order valence-corrected chi connectivity index (χ3v) is 2.89. The molecule has 0 aliphatic carbocycles. The first kappa shape index (κ1) is 14.1. The van der Waals surface area contributed by atoms with Crippen LogP contribution < -0.4 is 5.32 Å². The Hall–Kier alpha value is -0.990. The van der Waals surface area contributed by atoms with Gasteiger partial charge >= 0.3 is 0 Å². The summed E-state index contributed by atoms with van der Waals surface area (Å²) < 4.78 is 0. The molecule has 17 heavy (non-hydrogen) atoms. The molecule has 0 aliphatic heterocycles. The fourth-order valence-electron chi connectivity index (χ4n) is 1.91. The predicted octanol–water partition coefficient (Wildman–Crippen LogP) is 3.73. The second-order valence-electron chi connectivity index (χ2n) is 4.72. The lowest BCUT2D eigenvalue weighted by Gasteiger charge is -2.07. The van der Waals surface area contributed by atoms with Crippen LogP contribution in [0.25, 0.3) is 10.9 Å². The molecule has 0 saturated carbocycles. The highest BCUT2D eigenvalue weighted by molar-refractivity contribution is 5.85. The van der Waals surface area contributed by atoms with Gasteiger partial charge in [-0.1, -0.05) is 32.0 Å². The number of rotatable bonds is 5. The predicted molar refractivity (Wildman–Crippen MR) is 76.7 cm³/mol. The summed E-state index contributed by atoms with van der Waals surface area (Å²) in [5.74, 6) is 0.772. The molecule has 0 fully saturated rings. The van der Waals surface area contributed by atoms with Crippen molar-refractivity contribution in [2.45, 2.75) is 26.8 Å². The van der Waals surface area contributed by atoms with E-state index in [9.17, 15) is 0 Å². The van der Waals surface area contributed by atoms with Crippen molar-refractivity contribution in [2.75, 3.05) is 6.54 Å². The van der Waals surface area contributed by atoms with Crippen molar-refractivity contribution in [3.8, 4) is 0 Å². The Kier molecular flexibility index (Phi) is 5.52. The maximum atomic E-state index is 3.49. The molecule has 0 unspecified atom stereocenters. The van der Waals surface area contributed by atoms with Crippen molar-refractivity contribution in [1.82, 2.24) is 10.3 Å². The molecule has 1 aromatic heterocycles. The third kappa shape index (κ3) is 3.76. The highest BCUT2D eigenvalue weighted by atomic mass is 35.5. The number of aromatic amines is 1. The number of hydrogen-bond acceptors (Lipinski definition) is 1. The van der Waals surface area contributed by atoms with Crippen LogP contribution >= 0.6 is 12.4 Å². The Balaban J connectivity index is 0.00000144. The van der Waals surface area contributed by atoms with Crippen molar-refractivity contribution in [3.05, 3.63) is 36.0 Å². The summed E-state index contributed by atoms with van der Waals surface area (Å²) in [6.45, 7) is 6.56. The largest absolute Gasteiger partial charge is 0.361 e. The van der Waals surface area contributed by atoms with Crippen molar-refractivity contribution >= 4 is 23.3 Å². The number of fused-ring (bicyclic) bond motifs is 1. The van der Waals surface area contributed by atoms with E-state index in [0.29, 0.717) is 0 Å². The van der Waals surface area contributed by atoms with Gasteiger partial charge in [0.05, 0.1) is 0 Å². The van der Waals surface area contributed by atoms with Gasteiger partial charge in [-0.05, 0) is 35.9 Å². The van der Waals surface area contributed by atoms with Gasteiger partial charge in [0, 0.05) is 18.3 Å². The number of para-hydroxylation sites is 1. The van der Waals surface area contributed by atoms with E-state index in [1.165, 1.54) is 22.9 Å². The molecule has 1 heterocycles. The molecule has 2 nitrogen and oxygen atoms in total. The van der Waals surface area contributed by atoms with Crippen LogP contribution in [0, 0.1) is 5.92 Å². The van der Waals surface area contributed by atoms with E-state index in [1.807, 2.05) is 6.20 Å². The number of halogens is 1. The van der Waals surface area contributed by atoms with Gasteiger partial charge in [0.2, 0.25) is 0 Å². The van der Waals surface area contributed by atoms with Crippen LogP contribution in [-0.4, -0.2) is 11.5 Å². The molecular weight excluding hydrogens is 232 g/mol. The zero-order chi connectivity index (χ0) is 11.4. The fraction of sp³-hybridized carbons (Fsp3) is 0.429. The lowest BCUT2D eigenvalue weighted by molar-refractivity contribution is 0.538. The minimum atomic E-state index is 0. The number of aromatic nitrogens is 1.